The molecule has 1 N–H and O–H groups in total. The molecule has 1 aromatic carbocycles. The molecule has 0 amide bonds. The summed E-state index contributed by atoms with van der Waals surface area (Å²) in [6, 6.07) is 7.01. The van der Waals surface area contributed by atoms with Gasteiger partial charge in [-0.3, -0.25) is 0 Å². The van der Waals surface area contributed by atoms with E-state index in [1.54, 1.807) is 0 Å². The molecule has 18 heavy (non-hydrogen) atoms. The van der Waals surface area contributed by atoms with Gasteiger partial charge in [-0.05, 0) is 58.4 Å². The van der Waals surface area contributed by atoms with Crippen molar-refractivity contribution in [1.29, 1.82) is 0 Å². The van der Waals surface area contributed by atoms with E-state index in [1.807, 2.05) is 7.05 Å². The molecule has 1 aromatic rings. The standard InChI is InChI=1S/C15H23BrN2/c1-11(17-4)13-7-6-12(16)10-14(13)18-9-5-8-15(18,2)3/h6-7,10-11,17H,5,8-9H2,1-4H3. The van der Waals surface area contributed by atoms with Crippen molar-refractivity contribution in [2.75, 3.05) is 18.5 Å². The molecule has 0 aliphatic carbocycles. The number of anilines is 1. The molecule has 0 saturated carbocycles. The lowest BCUT2D eigenvalue weighted by molar-refractivity contribution is 0.514. The van der Waals surface area contributed by atoms with Crippen LogP contribution in [0.1, 0.15) is 45.2 Å². The summed E-state index contributed by atoms with van der Waals surface area (Å²) >= 11 is 3.60. The lowest BCUT2D eigenvalue weighted by atomic mass is 9.99. The van der Waals surface area contributed by atoms with Gasteiger partial charge in [0, 0.05) is 28.3 Å². The van der Waals surface area contributed by atoms with Gasteiger partial charge in [-0.25, -0.2) is 0 Å². The molecule has 2 nitrogen and oxygen atoms in total. The molecule has 1 fully saturated rings. The highest BCUT2D eigenvalue weighted by Gasteiger charge is 2.33. The largest absolute Gasteiger partial charge is 0.366 e. The minimum Gasteiger partial charge on any atom is -0.366 e. The number of hydrogen-bond donors (Lipinski definition) is 1. The van der Waals surface area contributed by atoms with Gasteiger partial charge in [-0.1, -0.05) is 22.0 Å². The lowest BCUT2D eigenvalue weighted by Gasteiger charge is -2.36. The van der Waals surface area contributed by atoms with Gasteiger partial charge in [-0.2, -0.15) is 0 Å². The second-order valence-corrected chi connectivity index (χ2v) is 6.70. The molecule has 0 radical (unpaired) electrons. The highest BCUT2D eigenvalue weighted by atomic mass is 79.9. The molecule has 100 valence electrons. The first kappa shape index (κ1) is 13.9. The van der Waals surface area contributed by atoms with Crippen molar-refractivity contribution in [1.82, 2.24) is 5.32 Å². The Morgan fingerprint density at radius 3 is 2.67 bits per heavy atom. The van der Waals surface area contributed by atoms with Crippen molar-refractivity contribution < 1.29 is 0 Å². The van der Waals surface area contributed by atoms with Crippen LogP contribution >= 0.6 is 15.9 Å². The molecule has 0 bridgehead atoms. The zero-order valence-electron chi connectivity index (χ0n) is 11.8. The summed E-state index contributed by atoms with van der Waals surface area (Å²) < 4.78 is 1.16. The fourth-order valence-corrected chi connectivity index (χ4v) is 3.18. The molecule has 1 saturated heterocycles. The first-order chi connectivity index (χ1) is 8.45. The van der Waals surface area contributed by atoms with Crippen LogP contribution in [0.5, 0.6) is 0 Å². The van der Waals surface area contributed by atoms with Gasteiger partial charge in [0.2, 0.25) is 0 Å². The van der Waals surface area contributed by atoms with Crippen LogP contribution in [0, 0.1) is 0 Å². The van der Waals surface area contributed by atoms with Crippen LogP contribution in [0.3, 0.4) is 0 Å². The van der Waals surface area contributed by atoms with E-state index in [4.69, 9.17) is 0 Å². The van der Waals surface area contributed by atoms with Crippen molar-refractivity contribution in [3.05, 3.63) is 28.2 Å². The molecule has 1 aliphatic rings. The number of nitrogens with one attached hydrogen (secondary N) is 1. The Kier molecular flexibility index (Phi) is 4.02. The Balaban J connectivity index is 2.45. The molecule has 1 unspecified atom stereocenters. The summed E-state index contributed by atoms with van der Waals surface area (Å²) in [6.07, 6.45) is 2.56. The van der Waals surface area contributed by atoms with E-state index in [0.29, 0.717) is 6.04 Å². The van der Waals surface area contributed by atoms with E-state index in [1.165, 1.54) is 24.1 Å². The maximum Gasteiger partial charge on any atom is 0.0430 e. The number of nitrogens with zero attached hydrogens (tertiary/aromatic N) is 1. The highest BCUT2D eigenvalue weighted by Crippen LogP contribution is 2.38. The van der Waals surface area contributed by atoms with Crippen molar-refractivity contribution in [2.24, 2.45) is 0 Å². The summed E-state index contributed by atoms with van der Waals surface area (Å²) in [6.45, 7) is 8.06. The van der Waals surface area contributed by atoms with Gasteiger partial charge in [0.15, 0.2) is 0 Å². The number of halogens is 1. The van der Waals surface area contributed by atoms with Crippen molar-refractivity contribution >= 4 is 21.6 Å². The Morgan fingerprint density at radius 2 is 2.11 bits per heavy atom. The van der Waals surface area contributed by atoms with Crippen LogP contribution in [0.25, 0.3) is 0 Å². The first-order valence-corrected chi connectivity index (χ1v) is 7.49. The van der Waals surface area contributed by atoms with Crippen LogP contribution in [0.15, 0.2) is 22.7 Å². The van der Waals surface area contributed by atoms with Crippen molar-refractivity contribution in [2.45, 2.75) is 45.2 Å². The minimum absolute atomic E-state index is 0.267. The Labute approximate surface area is 119 Å². The summed E-state index contributed by atoms with van der Waals surface area (Å²) in [7, 11) is 2.02. The predicted molar refractivity (Wildman–Crippen MR) is 82.3 cm³/mol. The summed E-state index contributed by atoms with van der Waals surface area (Å²) in [5, 5.41) is 3.35. The van der Waals surface area contributed by atoms with Crippen LogP contribution < -0.4 is 10.2 Å². The third-order valence-corrected chi connectivity index (χ3v) is 4.58. The van der Waals surface area contributed by atoms with Gasteiger partial charge in [0.05, 0.1) is 0 Å². The zero-order chi connectivity index (χ0) is 13.3. The average Bonchev–Trinajstić information content (AvgIpc) is 2.67. The molecular formula is C15H23BrN2. The van der Waals surface area contributed by atoms with E-state index in [2.05, 4.69) is 65.1 Å². The average molecular weight is 311 g/mol. The van der Waals surface area contributed by atoms with Crippen LogP contribution in [0.2, 0.25) is 0 Å². The fourth-order valence-electron chi connectivity index (χ4n) is 2.83. The fraction of sp³-hybridized carbons (Fsp3) is 0.600. The molecule has 1 aliphatic heterocycles. The van der Waals surface area contributed by atoms with E-state index in [0.717, 1.165) is 11.0 Å². The summed E-state index contributed by atoms with van der Waals surface area (Å²) in [5.74, 6) is 0. The van der Waals surface area contributed by atoms with Crippen LogP contribution in [-0.2, 0) is 0 Å². The Bertz CT molecular complexity index is 429. The smallest absolute Gasteiger partial charge is 0.0430 e. The predicted octanol–water partition coefficient (Wildman–Crippen LogP) is 4.11. The maximum absolute atomic E-state index is 3.60. The molecular weight excluding hydrogens is 288 g/mol. The second-order valence-electron chi connectivity index (χ2n) is 5.78. The first-order valence-electron chi connectivity index (χ1n) is 6.70. The normalized spacial score (nSPS) is 20.2. The van der Waals surface area contributed by atoms with E-state index < -0.39 is 0 Å². The summed E-state index contributed by atoms with van der Waals surface area (Å²) in [5.41, 5.74) is 3.02. The van der Waals surface area contributed by atoms with E-state index >= 15 is 0 Å². The number of hydrogen-bond acceptors (Lipinski definition) is 2. The minimum atomic E-state index is 0.267. The monoisotopic (exact) mass is 310 g/mol. The lowest BCUT2D eigenvalue weighted by Crippen LogP contribution is -2.39. The van der Waals surface area contributed by atoms with Crippen LogP contribution in [-0.4, -0.2) is 19.1 Å². The zero-order valence-corrected chi connectivity index (χ0v) is 13.3. The van der Waals surface area contributed by atoms with Gasteiger partial charge < -0.3 is 10.2 Å². The van der Waals surface area contributed by atoms with Gasteiger partial charge in [-0.15, -0.1) is 0 Å². The number of benzene rings is 1. The van der Waals surface area contributed by atoms with E-state index in [-0.39, 0.29) is 5.54 Å². The molecule has 3 heteroatoms. The summed E-state index contributed by atoms with van der Waals surface area (Å²) in [4.78, 5) is 2.56. The van der Waals surface area contributed by atoms with Gasteiger partial charge in [0.1, 0.15) is 0 Å². The third kappa shape index (κ3) is 2.57. The van der Waals surface area contributed by atoms with E-state index in [9.17, 15) is 0 Å². The van der Waals surface area contributed by atoms with Gasteiger partial charge in [0.25, 0.3) is 0 Å². The quantitative estimate of drug-likeness (QED) is 0.904. The second kappa shape index (κ2) is 5.22. The highest BCUT2D eigenvalue weighted by molar-refractivity contribution is 9.10. The SMILES string of the molecule is CNC(C)c1ccc(Br)cc1N1CCCC1(C)C. The maximum atomic E-state index is 3.60. The molecule has 1 heterocycles. The Hall–Kier alpha value is -0.540. The van der Waals surface area contributed by atoms with Crippen molar-refractivity contribution in [3.63, 3.8) is 0 Å². The molecule has 1 atom stereocenters. The van der Waals surface area contributed by atoms with Gasteiger partial charge >= 0.3 is 0 Å². The number of rotatable bonds is 3. The van der Waals surface area contributed by atoms with Crippen LogP contribution in [0.4, 0.5) is 5.69 Å². The third-order valence-electron chi connectivity index (χ3n) is 4.08. The van der Waals surface area contributed by atoms with Crippen molar-refractivity contribution in [3.8, 4) is 0 Å². The molecule has 0 spiro atoms. The molecule has 2 rings (SSSR count). The molecule has 0 aromatic heterocycles. The topological polar surface area (TPSA) is 15.3 Å². The Morgan fingerprint density at radius 1 is 1.39 bits per heavy atom.